The highest BCUT2D eigenvalue weighted by Crippen LogP contribution is 2.26. The summed E-state index contributed by atoms with van der Waals surface area (Å²) in [6.45, 7) is 9.59. The average molecular weight is 392 g/mol. The first-order chi connectivity index (χ1) is 12.8. The number of anilines is 1. The van der Waals surface area contributed by atoms with Gasteiger partial charge in [0, 0.05) is 11.6 Å². The lowest BCUT2D eigenvalue weighted by Gasteiger charge is -2.28. The molecule has 0 fully saturated rings. The Balaban J connectivity index is 2.55. The van der Waals surface area contributed by atoms with E-state index in [1.165, 1.54) is 24.4 Å². The maximum absolute atomic E-state index is 13.9. The van der Waals surface area contributed by atoms with Gasteiger partial charge in [-0.25, -0.2) is 19.0 Å². The van der Waals surface area contributed by atoms with Gasteiger partial charge in [-0.15, -0.1) is 0 Å². The van der Waals surface area contributed by atoms with Crippen molar-refractivity contribution in [2.75, 3.05) is 4.90 Å². The Hall–Kier alpha value is -2.74. The number of aliphatic hydroxyl groups excluding tert-OH is 1. The van der Waals surface area contributed by atoms with Crippen LogP contribution in [-0.2, 0) is 16.1 Å². The number of aromatic nitrogens is 1. The molecule has 2 aromatic rings. The first kappa shape index (κ1) is 21.6. The van der Waals surface area contributed by atoms with E-state index in [-0.39, 0.29) is 12.4 Å². The van der Waals surface area contributed by atoms with Gasteiger partial charge in [-0.2, -0.15) is 4.90 Å². The molecule has 7 nitrogen and oxygen atoms in total. The Kier molecular flexibility index (Phi) is 5.94. The molecule has 0 saturated carbocycles. The Morgan fingerprint density at radius 1 is 1.04 bits per heavy atom. The molecule has 152 valence electrons. The van der Waals surface area contributed by atoms with E-state index >= 15 is 0 Å². The number of nitrogens with zero attached hydrogens (tertiary/aromatic N) is 2. The summed E-state index contributed by atoms with van der Waals surface area (Å²) in [6, 6.07) is 3.79. The van der Waals surface area contributed by atoms with Crippen molar-refractivity contribution in [2.24, 2.45) is 0 Å². The Morgan fingerprint density at radius 3 is 2.04 bits per heavy atom. The molecule has 0 radical (unpaired) electrons. The lowest BCUT2D eigenvalue weighted by atomic mass is 10.1. The van der Waals surface area contributed by atoms with E-state index in [2.05, 4.69) is 4.98 Å². The average Bonchev–Trinajstić information content (AvgIpc) is 2.50. The van der Waals surface area contributed by atoms with E-state index in [0.29, 0.717) is 21.2 Å². The van der Waals surface area contributed by atoms with Gasteiger partial charge in [0.15, 0.2) is 0 Å². The number of benzene rings is 1. The minimum absolute atomic E-state index is 0.0783. The lowest BCUT2D eigenvalue weighted by molar-refractivity contribution is 0.0429. The van der Waals surface area contributed by atoms with Crippen molar-refractivity contribution >= 4 is 28.8 Å². The normalized spacial score (nSPS) is 12.0. The van der Waals surface area contributed by atoms with E-state index in [0.717, 1.165) is 0 Å². The molecule has 0 aliphatic carbocycles. The molecule has 0 bridgehead atoms. The van der Waals surface area contributed by atoms with E-state index in [1.807, 2.05) is 0 Å². The van der Waals surface area contributed by atoms with Gasteiger partial charge in [-0.1, -0.05) is 0 Å². The SMILES string of the molecule is CC(C)(C)OC(=O)N(C(=O)OC(C)(C)C)c1cc2cc(F)cc(CO)c2cn1. The number of carbonyl (C=O) groups is 2. The van der Waals surface area contributed by atoms with Crippen molar-refractivity contribution in [3.05, 3.63) is 35.8 Å². The van der Waals surface area contributed by atoms with Crippen LogP contribution in [0, 0.1) is 5.82 Å². The van der Waals surface area contributed by atoms with Crippen LogP contribution in [0.15, 0.2) is 24.4 Å². The molecule has 0 unspecified atom stereocenters. The summed E-state index contributed by atoms with van der Waals surface area (Å²) in [5, 5.41) is 10.3. The molecule has 0 spiro atoms. The maximum atomic E-state index is 13.9. The number of carbonyl (C=O) groups excluding carboxylic acids is 2. The fraction of sp³-hybridized carbons (Fsp3) is 0.450. The smallest absolute Gasteiger partial charge is 0.425 e. The van der Waals surface area contributed by atoms with Crippen LogP contribution in [0.3, 0.4) is 0 Å². The number of pyridine rings is 1. The lowest BCUT2D eigenvalue weighted by Crippen LogP contribution is -2.44. The predicted molar refractivity (Wildman–Crippen MR) is 103 cm³/mol. The van der Waals surface area contributed by atoms with Crippen LogP contribution in [0.5, 0.6) is 0 Å². The zero-order valence-corrected chi connectivity index (χ0v) is 16.9. The van der Waals surface area contributed by atoms with Crippen LogP contribution in [0.4, 0.5) is 19.8 Å². The standard InChI is InChI=1S/C20H25FN2O5/c1-19(2,3)27-17(25)23(18(26)28-20(4,5)6)16-9-12-7-14(21)8-13(11-24)15(12)10-22-16/h7-10,24H,11H2,1-6H3. The van der Waals surface area contributed by atoms with Gasteiger partial charge < -0.3 is 14.6 Å². The monoisotopic (exact) mass is 392 g/mol. The van der Waals surface area contributed by atoms with Crippen LogP contribution in [0.1, 0.15) is 47.1 Å². The van der Waals surface area contributed by atoms with E-state index in [9.17, 15) is 19.1 Å². The number of aliphatic hydroxyl groups is 1. The molecule has 1 aromatic carbocycles. The predicted octanol–water partition coefficient (Wildman–Crippen LogP) is 4.54. The summed E-state index contributed by atoms with van der Waals surface area (Å²) in [6.07, 6.45) is -0.572. The number of fused-ring (bicyclic) bond motifs is 1. The molecular weight excluding hydrogens is 367 g/mol. The molecule has 0 saturated heterocycles. The van der Waals surface area contributed by atoms with E-state index in [1.54, 1.807) is 41.5 Å². The minimum atomic E-state index is -0.965. The molecule has 1 aromatic heterocycles. The third kappa shape index (κ3) is 5.39. The van der Waals surface area contributed by atoms with Crippen molar-refractivity contribution in [1.82, 2.24) is 4.98 Å². The highest BCUT2D eigenvalue weighted by molar-refractivity contribution is 6.09. The Labute approximate surface area is 163 Å². The van der Waals surface area contributed by atoms with Crippen LogP contribution < -0.4 is 4.90 Å². The quantitative estimate of drug-likeness (QED) is 0.807. The molecule has 1 N–H and O–H groups in total. The summed E-state index contributed by atoms with van der Waals surface area (Å²) >= 11 is 0. The summed E-state index contributed by atoms with van der Waals surface area (Å²) in [4.78, 5) is 30.1. The third-order valence-electron chi connectivity index (χ3n) is 3.42. The number of imide groups is 1. The number of amides is 2. The first-order valence-electron chi connectivity index (χ1n) is 8.76. The number of halogens is 1. The summed E-state index contributed by atoms with van der Waals surface area (Å²) < 4.78 is 24.5. The van der Waals surface area contributed by atoms with Gasteiger partial charge in [0.25, 0.3) is 0 Å². The zero-order valence-electron chi connectivity index (χ0n) is 16.9. The molecule has 0 aliphatic heterocycles. The first-order valence-corrected chi connectivity index (χ1v) is 8.76. The Bertz CT molecular complexity index is 872. The van der Waals surface area contributed by atoms with Gasteiger partial charge in [-0.05, 0) is 70.7 Å². The van der Waals surface area contributed by atoms with Crippen molar-refractivity contribution in [3.63, 3.8) is 0 Å². The molecular formula is C20H25FN2O5. The largest absolute Gasteiger partial charge is 0.443 e. The number of rotatable bonds is 2. The second-order valence-electron chi connectivity index (χ2n) is 8.28. The summed E-state index contributed by atoms with van der Waals surface area (Å²) in [5.74, 6) is -0.639. The number of ether oxygens (including phenoxy) is 2. The number of hydrogen-bond donors (Lipinski definition) is 1. The highest BCUT2D eigenvalue weighted by Gasteiger charge is 2.33. The molecule has 8 heteroatoms. The number of hydrogen-bond acceptors (Lipinski definition) is 6. The van der Waals surface area contributed by atoms with Gasteiger partial charge in [-0.3, -0.25) is 0 Å². The van der Waals surface area contributed by atoms with Gasteiger partial charge in [0.05, 0.1) is 6.61 Å². The fourth-order valence-corrected chi connectivity index (χ4v) is 2.41. The minimum Gasteiger partial charge on any atom is -0.443 e. The summed E-state index contributed by atoms with van der Waals surface area (Å²) in [5.41, 5.74) is -1.37. The van der Waals surface area contributed by atoms with Crippen molar-refractivity contribution < 1.29 is 28.6 Å². The second kappa shape index (κ2) is 7.71. The van der Waals surface area contributed by atoms with Crippen molar-refractivity contribution in [1.29, 1.82) is 0 Å². The van der Waals surface area contributed by atoms with Crippen molar-refractivity contribution in [2.45, 2.75) is 59.4 Å². The van der Waals surface area contributed by atoms with E-state index in [4.69, 9.17) is 9.47 Å². The zero-order chi connectivity index (χ0) is 21.3. The third-order valence-corrected chi connectivity index (χ3v) is 3.42. The molecule has 1 heterocycles. The molecule has 2 amide bonds. The van der Waals surface area contributed by atoms with Crippen molar-refractivity contribution in [3.8, 4) is 0 Å². The molecule has 0 atom stereocenters. The topological polar surface area (TPSA) is 89.0 Å². The van der Waals surface area contributed by atoms with Gasteiger partial charge in [0.2, 0.25) is 0 Å². The van der Waals surface area contributed by atoms with Crippen LogP contribution in [0.2, 0.25) is 0 Å². The molecule has 28 heavy (non-hydrogen) atoms. The Morgan fingerprint density at radius 2 is 1.57 bits per heavy atom. The van der Waals surface area contributed by atoms with Gasteiger partial charge in [0.1, 0.15) is 22.8 Å². The molecule has 2 rings (SSSR count). The van der Waals surface area contributed by atoms with Crippen LogP contribution in [-0.4, -0.2) is 33.5 Å². The second-order valence-corrected chi connectivity index (χ2v) is 8.28. The van der Waals surface area contributed by atoms with E-state index < -0.39 is 29.2 Å². The molecule has 0 aliphatic rings. The van der Waals surface area contributed by atoms with Crippen LogP contribution >= 0.6 is 0 Å². The fourth-order valence-electron chi connectivity index (χ4n) is 2.41. The highest BCUT2D eigenvalue weighted by atomic mass is 19.1. The maximum Gasteiger partial charge on any atom is 0.425 e. The van der Waals surface area contributed by atoms with Crippen LogP contribution in [0.25, 0.3) is 10.8 Å². The van der Waals surface area contributed by atoms with Gasteiger partial charge >= 0.3 is 12.2 Å². The summed E-state index contributed by atoms with van der Waals surface area (Å²) in [7, 11) is 0.